The Morgan fingerprint density at radius 3 is 3.00 bits per heavy atom. The molecule has 0 bridgehead atoms. The van der Waals surface area contributed by atoms with Gasteiger partial charge in [0, 0.05) is 31.3 Å². The Hall–Kier alpha value is -0.730. The molecule has 1 saturated heterocycles. The molecule has 112 valence electrons. The predicted octanol–water partition coefficient (Wildman–Crippen LogP) is 2.23. The molecule has 2 heterocycles. The number of carbonyl (C=O) groups is 1. The topological polar surface area (TPSA) is 69.6 Å². The van der Waals surface area contributed by atoms with Gasteiger partial charge >= 0.3 is 6.03 Å². The third-order valence-electron chi connectivity index (χ3n) is 3.19. The number of carbonyl (C=O) groups excluding carboxylic acids is 1. The lowest BCUT2D eigenvalue weighted by molar-refractivity contribution is 0.111. The Kier molecular flexibility index (Phi) is 5.74. The van der Waals surface area contributed by atoms with Gasteiger partial charge in [0.25, 0.3) is 0 Å². The number of aliphatic hydroxyl groups is 1. The van der Waals surface area contributed by atoms with E-state index < -0.39 is 6.23 Å². The van der Waals surface area contributed by atoms with E-state index in [1.807, 2.05) is 0 Å². The second kappa shape index (κ2) is 7.33. The van der Waals surface area contributed by atoms with Crippen LogP contribution >= 0.6 is 27.3 Å². The van der Waals surface area contributed by atoms with Gasteiger partial charge in [0.2, 0.25) is 5.13 Å². The first kappa shape index (κ1) is 15.7. The fourth-order valence-electron chi connectivity index (χ4n) is 2.07. The van der Waals surface area contributed by atoms with Gasteiger partial charge in [-0.2, -0.15) is 0 Å². The van der Waals surface area contributed by atoms with Crippen LogP contribution in [0.2, 0.25) is 0 Å². The molecule has 1 aromatic heterocycles. The summed E-state index contributed by atoms with van der Waals surface area (Å²) >= 11 is 4.73. The number of urea groups is 1. The van der Waals surface area contributed by atoms with Crippen molar-refractivity contribution in [3.05, 3.63) is 5.01 Å². The van der Waals surface area contributed by atoms with E-state index in [2.05, 4.69) is 33.1 Å². The minimum Gasteiger partial charge on any atom is -0.373 e. The van der Waals surface area contributed by atoms with Crippen LogP contribution in [-0.4, -0.2) is 50.9 Å². The standard InChI is InChI=1S/C12H19BrN4O2S/c1-2-3-4-9-14-15-11(20-9)17-10(18)5-7-16(8-6-13)12(17)19/h10,18H,2-8H2,1H3. The molecule has 6 nitrogen and oxygen atoms in total. The van der Waals surface area contributed by atoms with Crippen molar-refractivity contribution >= 4 is 38.4 Å². The van der Waals surface area contributed by atoms with Crippen molar-refractivity contribution in [2.75, 3.05) is 23.3 Å². The summed E-state index contributed by atoms with van der Waals surface area (Å²) in [7, 11) is 0. The Bertz CT molecular complexity index is 456. The maximum atomic E-state index is 12.4. The van der Waals surface area contributed by atoms with Crippen molar-refractivity contribution in [2.24, 2.45) is 0 Å². The molecule has 0 spiro atoms. The molecule has 8 heteroatoms. The lowest BCUT2D eigenvalue weighted by Crippen LogP contribution is -2.55. The first-order valence-corrected chi connectivity index (χ1v) is 8.75. The minimum absolute atomic E-state index is 0.193. The van der Waals surface area contributed by atoms with Crippen LogP contribution in [0.25, 0.3) is 0 Å². The molecular formula is C12H19BrN4O2S. The van der Waals surface area contributed by atoms with Crippen LogP contribution in [0.5, 0.6) is 0 Å². The summed E-state index contributed by atoms with van der Waals surface area (Å²) in [6.07, 6.45) is 2.75. The maximum absolute atomic E-state index is 12.4. The number of anilines is 1. The van der Waals surface area contributed by atoms with Crippen LogP contribution in [0.15, 0.2) is 0 Å². The highest BCUT2D eigenvalue weighted by molar-refractivity contribution is 9.09. The summed E-state index contributed by atoms with van der Waals surface area (Å²) in [5.41, 5.74) is 0. The Labute approximate surface area is 130 Å². The van der Waals surface area contributed by atoms with E-state index in [-0.39, 0.29) is 6.03 Å². The van der Waals surface area contributed by atoms with E-state index in [0.29, 0.717) is 24.6 Å². The van der Waals surface area contributed by atoms with Crippen molar-refractivity contribution in [3.8, 4) is 0 Å². The molecule has 20 heavy (non-hydrogen) atoms. The van der Waals surface area contributed by atoms with E-state index in [9.17, 15) is 9.90 Å². The lowest BCUT2D eigenvalue weighted by Gasteiger charge is -2.37. The zero-order valence-electron chi connectivity index (χ0n) is 11.5. The van der Waals surface area contributed by atoms with Crippen LogP contribution in [0.1, 0.15) is 31.2 Å². The quantitative estimate of drug-likeness (QED) is 0.787. The number of unbranched alkanes of at least 4 members (excludes halogenated alkanes) is 1. The number of hydrogen-bond acceptors (Lipinski definition) is 5. The summed E-state index contributed by atoms with van der Waals surface area (Å²) in [5, 5.41) is 20.4. The van der Waals surface area contributed by atoms with Gasteiger partial charge in [-0.15, -0.1) is 10.2 Å². The summed E-state index contributed by atoms with van der Waals surface area (Å²) in [6.45, 7) is 3.32. The van der Waals surface area contributed by atoms with Crippen LogP contribution < -0.4 is 4.90 Å². The van der Waals surface area contributed by atoms with Gasteiger partial charge in [0.05, 0.1) is 0 Å². The molecular weight excluding hydrogens is 344 g/mol. The van der Waals surface area contributed by atoms with Crippen molar-refractivity contribution in [2.45, 2.75) is 38.8 Å². The second-order valence-electron chi connectivity index (χ2n) is 4.68. The molecule has 0 aromatic carbocycles. The number of aryl methyl sites for hydroxylation is 1. The van der Waals surface area contributed by atoms with E-state index >= 15 is 0 Å². The van der Waals surface area contributed by atoms with Gasteiger partial charge in [-0.3, -0.25) is 0 Å². The van der Waals surface area contributed by atoms with E-state index in [4.69, 9.17) is 0 Å². The molecule has 1 fully saturated rings. The maximum Gasteiger partial charge on any atom is 0.328 e. The van der Waals surface area contributed by atoms with Crippen molar-refractivity contribution in [1.29, 1.82) is 0 Å². The molecule has 1 aromatic rings. The number of rotatable bonds is 6. The van der Waals surface area contributed by atoms with Crippen LogP contribution in [0.4, 0.5) is 9.93 Å². The molecule has 2 amide bonds. The third-order valence-corrected chi connectivity index (χ3v) is 4.53. The lowest BCUT2D eigenvalue weighted by atomic mass is 10.2. The molecule has 0 radical (unpaired) electrons. The first-order valence-electron chi connectivity index (χ1n) is 6.82. The molecule has 1 N–H and O–H groups in total. The summed E-state index contributed by atoms with van der Waals surface area (Å²) in [5.74, 6) is 0. The smallest absolute Gasteiger partial charge is 0.328 e. The predicted molar refractivity (Wildman–Crippen MR) is 82.4 cm³/mol. The Morgan fingerprint density at radius 2 is 2.30 bits per heavy atom. The van der Waals surface area contributed by atoms with Gasteiger partial charge in [0.15, 0.2) is 0 Å². The minimum atomic E-state index is -0.805. The third kappa shape index (κ3) is 3.48. The monoisotopic (exact) mass is 362 g/mol. The highest BCUT2D eigenvalue weighted by Crippen LogP contribution is 2.27. The number of amides is 2. The van der Waals surface area contributed by atoms with Gasteiger partial charge < -0.3 is 10.0 Å². The second-order valence-corrected chi connectivity index (χ2v) is 6.51. The number of alkyl halides is 1. The van der Waals surface area contributed by atoms with Crippen molar-refractivity contribution in [1.82, 2.24) is 15.1 Å². The number of aromatic nitrogens is 2. The fraction of sp³-hybridized carbons (Fsp3) is 0.750. The molecule has 1 atom stereocenters. The zero-order chi connectivity index (χ0) is 14.5. The van der Waals surface area contributed by atoms with Crippen molar-refractivity contribution < 1.29 is 9.90 Å². The average Bonchev–Trinajstić information content (AvgIpc) is 2.88. The Balaban J connectivity index is 2.11. The van der Waals surface area contributed by atoms with Gasteiger partial charge in [-0.05, 0) is 6.42 Å². The molecule has 2 rings (SSSR count). The van der Waals surface area contributed by atoms with E-state index in [1.165, 1.54) is 16.2 Å². The summed E-state index contributed by atoms with van der Waals surface area (Å²) in [6, 6.07) is -0.193. The molecule has 1 aliphatic heterocycles. The van der Waals surface area contributed by atoms with Crippen LogP contribution in [-0.2, 0) is 6.42 Å². The largest absolute Gasteiger partial charge is 0.373 e. The molecule has 0 saturated carbocycles. The highest BCUT2D eigenvalue weighted by Gasteiger charge is 2.35. The van der Waals surface area contributed by atoms with Crippen LogP contribution in [0.3, 0.4) is 0 Å². The average molecular weight is 363 g/mol. The zero-order valence-corrected chi connectivity index (χ0v) is 13.9. The summed E-state index contributed by atoms with van der Waals surface area (Å²) < 4.78 is 0. The number of nitrogens with zero attached hydrogens (tertiary/aromatic N) is 4. The molecule has 1 aliphatic rings. The fourth-order valence-corrected chi connectivity index (χ4v) is 3.41. The number of halogens is 1. The van der Waals surface area contributed by atoms with Crippen LogP contribution in [0, 0.1) is 0 Å². The highest BCUT2D eigenvalue weighted by atomic mass is 79.9. The normalized spacial score (nSPS) is 19.8. The number of hydrogen-bond donors (Lipinski definition) is 1. The van der Waals surface area contributed by atoms with E-state index in [0.717, 1.165) is 29.6 Å². The number of aliphatic hydroxyl groups excluding tert-OH is 1. The van der Waals surface area contributed by atoms with Gasteiger partial charge in [-0.1, -0.05) is 40.6 Å². The SMILES string of the molecule is CCCCc1nnc(N2C(=O)N(CCBr)CCC2O)s1. The van der Waals surface area contributed by atoms with Crippen molar-refractivity contribution in [3.63, 3.8) is 0 Å². The van der Waals surface area contributed by atoms with Gasteiger partial charge in [0.1, 0.15) is 11.2 Å². The first-order chi connectivity index (χ1) is 9.67. The summed E-state index contributed by atoms with van der Waals surface area (Å²) in [4.78, 5) is 15.4. The molecule has 1 unspecified atom stereocenters. The van der Waals surface area contributed by atoms with E-state index in [1.54, 1.807) is 4.90 Å². The molecule has 0 aliphatic carbocycles. The van der Waals surface area contributed by atoms with Gasteiger partial charge in [-0.25, -0.2) is 9.69 Å². The Morgan fingerprint density at radius 1 is 1.50 bits per heavy atom.